The summed E-state index contributed by atoms with van der Waals surface area (Å²) < 4.78 is 4.75. The van der Waals surface area contributed by atoms with Gasteiger partial charge in [0.15, 0.2) is 0 Å². The summed E-state index contributed by atoms with van der Waals surface area (Å²) in [5.41, 5.74) is 2.93. The third-order valence-electron chi connectivity index (χ3n) is 2.25. The number of halogens is 1. The van der Waals surface area contributed by atoms with Crippen molar-refractivity contribution in [2.75, 3.05) is 12.4 Å². The molecule has 0 spiro atoms. The highest BCUT2D eigenvalue weighted by molar-refractivity contribution is 9.09. The lowest BCUT2D eigenvalue weighted by molar-refractivity contribution is 0.0599. The molecule has 0 unspecified atom stereocenters. The Hall–Kier alpha value is -0.830. The molecule has 15 heavy (non-hydrogen) atoms. The molecule has 0 heterocycles. The average Bonchev–Trinajstić information content (AvgIpc) is 2.25. The van der Waals surface area contributed by atoms with Gasteiger partial charge >= 0.3 is 5.97 Å². The SMILES string of the molecule is COC(=O)c1ccc(C)cc1CCCBr. The van der Waals surface area contributed by atoms with E-state index in [0.29, 0.717) is 5.56 Å². The van der Waals surface area contributed by atoms with Crippen LogP contribution in [0.4, 0.5) is 0 Å². The molecule has 2 nitrogen and oxygen atoms in total. The van der Waals surface area contributed by atoms with Gasteiger partial charge in [-0.3, -0.25) is 0 Å². The number of aryl methyl sites for hydroxylation is 2. The summed E-state index contributed by atoms with van der Waals surface area (Å²) in [5.74, 6) is -0.250. The minimum atomic E-state index is -0.250. The van der Waals surface area contributed by atoms with Gasteiger partial charge < -0.3 is 4.74 Å². The molecule has 0 aliphatic carbocycles. The number of carbonyl (C=O) groups is 1. The molecule has 1 rings (SSSR count). The van der Waals surface area contributed by atoms with Crippen molar-refractivity contribution in [3.63, 3.8) is 0 Å². The predicted octanol–water partition coefficient (Wildman–Crippen LogP) is 3.11. The lowest BCUT2D eigenvalue weighted by atomic mass is 10.0. The van der Waals surface area contributed by atoms with Gasteiger partial charge in [0.25, 0.3) is 0 Å². The molecule has 0 aliphatic rings. The highest BCUT2D eigenvalue weighted by Crippen LogP contribution is 2.15. The first-order chi connectivity index (χ1) is 7.19. The third kappa shape index (κ3) is 3.34. The quantitative estimate of drug-likeness (QED) is 0.621. The maximum absolute atomic E-state index is 11.5. The smallest absolute Gasteiger partial charge is 0.338 e. The van der Waals surface area contributed by atoms with Crippen molar-refractivity contribution in [2.45, 2.75) is 19.8 Å². The summed E-state index contributed by atoms with van der Waals surface area (Å²) in [6.45, 7) is 2.03. The van der Waals surface area contributed by atoms with Crippen molar-refractivity contribution in [1.82, 2.24) is 0 Å². The molecule has 82 valence electrons. The first-order valence-electron chi connectivity index (χ1n) is 4.93. The topological polar surface area (TPSA) is 26.3 Å². The normalized spacial score (nSPS) is 10.1. The Morgan fingerprint density at radius 3 is 2.80 bits per heavy atom. The Labute approximate surface area is 98.8 Å². The van der Waals surface area contributed by atoms with Crippen LogP contribution in [0.1, 0.15) is 27.9 Å². The van der Waals surface area contributed by atoms with Crippen molar-refractivity contribution >= 4 is 21.9 Å². The van der Waals surface area contributed by atoms with E-state index >= 15 is 0 Å². The van der Waals surface area contributed by atoms with Gasteiger partial charge in [-0.25, -0.2) is 4.79 Å². The van der Waals surface area contributed by atoms with Gasteiger partial charge in [0, 0.05) is 5.33 Å². The van der Waals surface area contributed by atoms with Gasteiger partial charge in [-0.1, -0.05) is 33.6 Å². The summed E-state index contributed by atoms with van der Waals surface area (Å²) in [6.07, 6.45) is 1.92. The number of rotatable bonds is 4. The molecular weight excluding hydrogens is 256 g/mol. The third-order valence-corrected chi connectivity index (χ3v) is 2.81. The number of hydrogen-bond acceptors (Lipinski definition) is 2. The van der Waals surface area contributed by atoms with Crippen molar-refractivity contribution in [3.05, 3.63) is 34.9 Å². The molecule has 1 aromatic rings. The van der Waals surface area contributed by atoms with E-state index in [2.05, 4.69) is 22.0 Å². The summed E-state index contributed by atoms with van der Waals surface area (Å²) in [6, 6.07) is 5.82. The predicted molar refractivity (Wildman–Crippen MR) is 64.6 cm³/mol. The molecule has 0 saturated heterocycles. The minimum absolute atomic E-state index is 0.250. The van der Waals surface area contributed by atoms with E-state index in [0.717, 1.165) is 23.7 Å². The summed E-state index contributed by atoms with van der Waals surface area (Å²) >= 11 is 3.39. The van der Waals surface area contributed by atoms with E-state index in [1.807, 2.05) is 19.1 Å². The van der Waals surface area contributed by atoms with Crippen LogP contribution in [-0.2, 0) is 11.2 Å². The molecule has 0 amide bonds. The molecule has 0 aliphatic heterocycles. The monoisotopic (exact) mass is 270 g/mol. The molecule has 3 heteroatoms. The van der Waals surface area contributed by atoms with Crippen LogP contribution >= 0.6 is 15.9 Å². The maximum Gasteiger partial charge on any atom is 0.338 e. The van der Waals surface area contributed by atoms with E-state index in [-0.39, 0.29) is 5.97 Å². The standard InChI is InChI=1S/C12H15BrO2/c1-9-5-6-11(12(14)15-2)10(8-9)4-3-7-13/h5-6,8H,3-4,7H2,1-2H3. The fourth-order valence-electron chi connectivity index (χ4n) is 1.50. The number of esters is 1. The van der Waals surface area contributed by atoms with Gasteiger partial charge in [-0.2, -0.15) is 0 Å². The number of carbonyl (C=O) groups excluding carboxylic acids is 1. The van der Waals surface area contributed by atoms with Crippen LogP contribution < -0.4 is 0 Å². The zero-order valence-electron chi connectivity index (χ0n) is 9.05. The number of ether oxygens (including phenoxy) is 1. The molecule has 1 aromatic carbocycles. The molecule has 0 fully saturated rings. The fourth-order valence-corrected chi connectivity index (χ4v) is 1.78. The highest BCUT2D eigenvalue weighted by Gasteiger charge is 2.10. The Kier molecular flexibility index (Phi) is 4.82. The lowest BCUT2D eigenvalue weighted by Gasteiger charge is -2.08. The summed E-state index contributed by atoms with van der Waals surface area (Å²) in [4.78, 5) is 11.5. The molecule has 0 atom stereocenters. The first-order valence-corrected chi connectivity index (χ1v) is 6.05. The molecule has 0 N–H and O–H groups in total. The van der Waals surface area contributed by atoms with Crippen LogP contribution in [0, 0.1) is 6.92 Å². The zero-order chi connectivity index (χ0) is 11.3. The van der Waals surface area contributed by atoms with Crippen LogP contribution in [0.15, 0.2) is 18.2 Å². The van der Waals surface area contributed by atoms with Crippen molar-refractivity contribution in [1.29, 1.82) is 0 Å². The fraction of sp³-hybridized carbons (Fsp3) is 0.417. The van der Waals surface area contributed by atoms with Crippen LogP contribution in [0.25, 0.3) is 0 Å². The number of hydrogen-bond donors (Lipinski definition) is 0. The number of methoxy groups -OCH3 is 1. The van der Waals surface area contributed by atoms with E-state index in [1.165, 1.54) is 12.7 Å². The zero-order valence-corrected chi connectivity index (χ0v) is 10.6. The first kappa shape index (κ1) is 12.2. The highest BCUT2D eigenvalue weighted by atomic mass is 79.9. The van der Waals surface area contributed by atoms with Crippen LogP contribution in [0.3, 0.4) is 0 Å². The Morgan fingerprint density at radius 1 is 1.47 bits per heavy atom. The van der Waals surface area contributed by atoms with Gasteiger partial charge in [0.05, 0.1) is 12.7 Å². The largest absolute Gasteiger partial charge is 0.465 e. The van der Waals surface area contributed by atoms with Crippen LogP contribution in [-0.4, -0.2) is 18.4 Å². The van der Waals surface area contributed by atoms with Crippen molar-refractivity contribution < 1.29 is 9.53 Å². The molecule has 0 aromatic heterocycles. The Morgan fingerprint density at radius 2 is 2.20 bits per heavy atom. The van der Waals surface area contributed by atoms with E-state index in [1.54, 1.807) is 0 Å². The molecule has 0 saturated carbocycles. The lowest BCUT2D eigenvalue weighted by Crippen LogP contribution is -2.06. The van der Waals surface area contributed by atoms with E-state index < -0.39 is 0 Å². The summed E-state index contributed by atoms with van der Waals surface area (Å²) in [5, 5.41) is 0.946. The second-order valence-electron chi connectivity index (χ2n) is 3.44. The Balaban J connectivity index is 2.97. The van der Waals surface area contributed by atoms with E-state index in [4.69, 9.17) is 4.74 Å². The van der Waals surface area contributed by atoms with Gasteiger partial charge in [0.2, 0.25) is 0 Å². The average molecular weight is 271 g/mol. The number of benzene rings is 1. The van der Waals surface area contributed by atoms with Crippen molar-refractivity contribution in [2.24, 2.45) is 0 Å². The second-order valence-corrected chi connectivity index (χ2v) is 4.24. The minimum Gasteiger partial charge on any atom is -0.465 e. The van der Waals surface area contributed by atoms with Crippen molar-refractivity contribution in [3.8, 4) is 0 Å². The van der Waals surface area contributed by atoms with E-state index in [9.17, 15) is 4.79 Å². The van der Waals surface area contributed by atoms with Crippen LogP contribution in [0.2, 0.25) is 0 Å². The second kappa shape index (κ2) is 5.91. The van der Waals surface area contributed by atoms with Gasteiger partial charge in [0.1, 0.15) is 0 Å². The van der Waals surface area contributed by atoms with Gasteiger partial charge in [-0.05, 0) is 31.4 Å². The maximum atomic E-state index is 11.5. The summed E-state index contributed by atoms with van der Waals surface area (Å²) in [7, 11) is 1.41. The Bertz CT molecular complexity index is 347. The molecule has 0 radical (unpaired) electrons. The van der Waals surface area contributed by atoms with Gasteiger partial charge in [-0.15, -0.1) is 0 Å². The molecule has 0 bridgehead atoms. The molecular formula is C12H15BrO2. The number of alkyl halides is 1. The van der Waals surface area contributed by atoms with Crippen LogP contribution in [0.5, 0.6) is 0 Å².